The number of nitrogens with one attached hydrogen (secondary N) is 1. The van der Waals surface area contributed by atoms with E-state index < -0.39 is 39.5 Å². The molecular formula is C44H68N4O8. The summed E-state index contributed by atoms with van der Waals surface area (Å²) in [5.41, 5.74) is -1.90. The molecule has 2 unspecified atom stereocenters. The highest BCUT2D eigenvalue weighted by molar-refractivity contribution is 6.04. The van der Waals surface area contributed by atoms with Gasteiger partial charge in [0.05, 0.1) is 44.3 Å². The number of imide groups is 1. The minimum absolute atomic E-state index is 0. The highest BCUT2D eigenvalue weighted by Gasteiger charge is 2.58. The standard InChI is InChI=1S/C24H36N2O5.C19H28N2O3.CH4/c1-8-30-21(27)20(22(28)31-9-2)23(3,4)24(17-25,14-11-15-26(5)6)18-12-10-13-19(16-18)29-7;1-18(2)13-16(22)20-17(23)19(18,10-7-11-21(3)4)14-8-6-9-15(12-14)24-5;/h10,12-13,16,20H,8-9,11,14-15H2,1-7H3;6,8-9,12H,7,10-11,13H2,1-5H3,(H,20,22,23);1H4. The Hall–Kier alpha value is -4.47. The predicted molar refractivity (Wildman–Crippen MR) is 219 cm³/mol. The number of carbonyl (C=O) groups excluding carboxylic acids is 4. The zero-order chi connectivity index (χ0) is 41.6. The number of rotatable bonds is 18. The van der Waals surface area contributed by atoms with Crippen LogP contribution >= 0.6 is 0 Å². The summed E-state index contributed by atoms with van der Waals surface area (Å²) in [6, 6.07) is 17.4. The third-order valence-corrected chi connectivity index (χ3v) is 10.9. The molecule has 0 aromatic heterocycles. The van der Waals surface area contributed by atoms with Gasteiger partial charge >= 0.3 is 11.9 Å². The van der Waals surface area contributed by atoms with Crippen molar-refractivity contribution in [2.45, 2.75) is 91.9 Å². The molecule has 1 aliphatic heterocycles. The molecule has 2 aromatic rings. The summed E-state index contributed by atoms with van der Waals surface area (Å²) < 4.78 is 21.2. The van der Waals surface area contributed by atoms with Crippen LogP contribution in [-0.4, -0.2) is 102 Å². The molecule has 0 aliphatic carbocycles. The summed E-state index contributed by atoms with van der Waals surface area (Å²) in [4.78, 5) is 55.0. The molecule has 2 aromatic carbocycles. The molecule has 12 nitrogen and oxygen atoms in total. The van der Waals surface area contributed by atoms with Crippen LogP contribution in [0.15, 0.2) is 48.5 Å². The highest BCUT2D eigenvalue weighted by atomic mass is 16.6. The summed E-state index contributed by atoms with van der Waals surface area (Å²) in [5, 5.41) is 13.1. The Kier molecular flexibility index (Phi) is 19.2. The van der Waals surface area contributed by atoms with E-state index in [1.165, 1.54) is 0 Å². The molecule has 312 valence electrons. The lowest BCUT2D eigenvalue weighted by Gasteiger charge is -2.48. The first-order valence-electron chi connectivity index (χ1n) is 19.0. The molecule has 1 N–H and O–H groups in total. The second-order valence-corrected chi connectivity index (χ2v) is 15.8. The van der Waals surface area contributed by atoms with E-state index in [4.69, 9.17) is 18.9 Å². The monoisotopic (exact) mass is 781 g/mol. The molecular weight excluding hydrogens is 713 g/mol. The van der Waals surface area contributed by atoms with Gasteiger partial charge in [0.15, 0.2) is 5.92 Å². The maximum Gasteiger partial charge on any atom is 0.320 e. The van der Waals surface area contributed by atoms with E-state index in [1.807, 2.05) is 83.3 Å². The van der Waals surface area contributed by atoms with Crippen molar-refractivity contribution in [3.05, 3.63) is 59.7 Å². The van der Waals surface area contributed by atoms with Gasteiger partial charge in [0, 0.05) is 11.8 Å². The largest absolute Gasteiger partial charge is 0.497 e. The van der Waals surface area contributed by atoms with Crippen LogP contribution in [0.4, 0.5) is 0 Å². The molecule has 1 aliphatic rings. The van der Waals surface area contributed by atoms with E-state index in [9.17, 15) is 24.4 Å². The maximum absolute atomic E-state index is 13.0. The normalized spacial score (nSPS) is 17.4. The second-order valence-electron chi connectivity index (χ2n) is 15.8. The van der Waals surface area contributed by atoms with Crippen molar-refractivity contribution in [1.29, 1.82) is 5.26 Å². The van der Waals surface area contributed by atoms with Gasteiger partial charge in [-0.2, -0.15) is 5.26 Å². The smallest absolute Gasteiger partial charge is 0.320 e. The van der Waals surface area contributed by atoms with Crippen molar-refractivity contribution < 1.29 is 38.1 Å². The van der Waals surface area contributed by atoms with Gasteiger partial charge in [0.25, 0.3) is 0 Å². The Morgan fingerprint density at radius 3 is 1.88 bits per heavy atom. The Morgan fingerprint density at radius 2 is 1.39 bits per heavy atom. The quantitative estimate of drug-likeness (QED) is 0.0998. The minimum atomic E-state index is -1.25. The number of benzene rings is 2. The first-order valence-corrected chi connectivity index (χ1v) is 19.0. The van der Waals surface area contributed by atoms with Crippen molar-refractivity contribution >= 4 is 23.8 Å². The maximum atomic E-state index is 13.0. The summed E-state index contributed by atoms with van der Waals surface area (Å²) in [7, 11) is 11.1. The van der Waals surface area contributed by atoms with Crippen molar-refractivity contribution in [3.63, 3.8) is 0 Å². The van der Waals surface area contributed by atoms with Crippen LogP contribution in [0, 0.1) is 28.1 Å². The van der Waals surface area contributed by atoms with Gasteiger partial charge in [-0.15, -0.1) is 0 Å². The lowest BCUT2D eigenvalue weighted by Crippen LogP contribution is -2.61. The Balaban J connectivity index is 0.000000566. The van der Waals surface area contributed by atoms with Gasteiger partial charge in [-0.25, -0.2) is 0 Å². The van der Waals surface area contributed by atoms with Gasteiger partial charge in [0.2, 0.25) is 11.8 Å². The van der Waals surface area contributed by atoms with Gasteiger partial charge in [-0.3, -0.25) is 24.5 Å². The van der Waals surface area contributed by atoms with E-state index >= 15 is 0 Å². The van der Waals surface area contributed by atoms with E-state index in [1.54, 1.807) is 54.0 Å². The molecule has 0 radical (unpaired) electrons. The van der Waals surface area contributed by atoms with Crippen LogP contribution in [0.1, 0.15) is 92.2 Å². The molecule has 56 heavy (non-hydrogen) atoms. The molecule has 0 spiro atoms. The van der Waals surface area contributed by atoms with Crippen LogP contribution < -0.4 is 14.8 Å². The Bertz CT molecular complexity index is 1630. The number of piperidine rings is 1. The third-order valence-electron chi connectivity index (χ3n) is 10.9. The second kappa shape index (κ2) is 21.7. The van der Waals surface area contributed by atoms with E-state index in [0.29, 0.717) is 37.0 Å². The third kappa shape index (κ3) is 11.3. The van der Waals surface area contributed by atoms with Gasteiger partial charge < -0.3 is 28.7 Å². The number of nitrogens with zero attached hydrogens (tertiary/aromatic N) is 3. The fourth-order valence-corrected chi connectivity index (χ4v) is 7.84. The average molecular weight is 781 g/mol. The number of nitriles is 1. The molecule has 0 bridgehead atoms. The lowest BCUT2D eigenvalue weighted by molar-refractivity contribution is -0.169. The number of amides is 2. The van der Waals surface area contributed by atoms with Crippen LogP contribution in [-0.2, 0) is 39.5 Å². The molecule has 3 rings (SSSR count). The van der Waals surface area contributed by atoms with Gasteiger partial charge in [-0.05, 0) is 122 Å². The van der Waals surface area contributed by atoms with Crippen LogP contribution in [0.5, 0.6) is 11.5 Å². The molecule has 1 fully saturated rings. The topological polar surface area (TPSA) is 148 Å². The van der Waals surface area contributed by atoms with Crippen molar-refractivity contribution in [2.75, 3.05) is 68.7 Å². The molecule has 1 heterocycles. The number of ether oxygens (including phenoxy) is 4. The SMILES string of the molecule is C.CCOC(=O)C(C(=O)OCC)C(C)(C)C(C#N)(CCCN(C)C)c1cccc(OC)c1.COc1cccc(C2(CCCN(C)C)C(=O)NC(=O)CC2(C)C)c1. The Labute approximate surface area is 336 Å². The molecule has 0 saturated carbocycles. The fourth-order valence-electron chi connectivity index (χ4n) is 7.84. The van der Waals surface area contributed by atoms with Crippen molar-refractivity contribution in [3.8, 4) is 17.6 Å². The summed E-state index contributed by atoms with van der Waals surface area (Å²) in [5.74, 6) is -1.68. The number of hydrogen-bond donors (Lipinski definition) is 1. The zero-order valence-electron chi connectivity index (χ0n) is 35.2. The summed E-state index contributed by atoms with van der Waals surface area (Å²) >= 11 is 0. The molecule has 2 atom stereocenters. The van der Waals surface area contributed by atoms with Crippen LogP contribution in [0.25, 0.3) is 0 Å². The van der Waals surface area contributed by atoms with E-state index in [0.717, 1.165) is 30.8 Å². The predicted octanol–water partition coefficient (Wildman–Crippen LogP) is 6.55. The highest BCUT2D eigenvalue weighted by Crippen LogP contribution is 2.52. The summed E-state index contributed by atoms with van der Waals surface area (Å²) in [6.07, 6.45) is 3.02. The Morgan fingerprint density at radius 1 is 0.875 bits per heavy atom. The van der Waals surface area contributed by atoms with Gasteiger partial charge in [-0.1, -0.05) is 59.4 Å². The fraction of sp³-hybridized carbons (Fsp3) is 0.614. The molecule has 1 saturated heterocycles. The van der Waals surface area contributed by atoms with Crippen LogP contribution in [0.3, 0.4) is 0 Å². The molecule has 2 amide bonds. The first-order chi connectivity index (χ1) is 25.8. The van der Waals surface area contributed by atoms with Crippen LogP contribution in [0.2, 0.25) is 0 Å². The van der Waals surface area contributed by atoms with E-state index in [-0.39, 0.29) is 32.5 Å². The van der Waals surface area contributed by atoms with Crippen molar-refractivity contribution in [2.24, 2.45) is 16.7 Å². The first kappa shape index (κ1) is 49.5. The lowest BCUT2D eigenvalue weighted by atomic mass is 9.55. The number of esters is 2. The average Bonchev–Trinajstić information content (AvgIpc) is 3.11. The zero-order valence-corrected chi connectivity index (χ0v) is 35.2. The molecule has 12 heteroatoms. The number of carbonyl (C=O) groups is 4. The number of methoxy groups -OCH3 is 2. The van der Waals surface area contributed by atoms with E-state index in [2.05, 4.69) is 16.3 Å². The summed E-state index contributed by atoms with van der Waals surface area (Å²) in [6.45, 7) is 12.8. The number of hydrogen-bond acceptors (Lipinski definition) is 11. The van der Waals surface area contributed by atoms with Crippen molar-refractivity contribution in [1.82, 2.24) is 15.1 Å². The minimum Gasteiger partial charge on any atom is -0.497 e. The van der Waals surface area contributed by atoms with Gasteiger partial charge in [0.1, 0.15) is 11.5 Å².